The number of carboxylic acids is 1. The molecule has 1 atom stereocenters. The molecule has 1 aliphatic heterocycles. The fourth-order valence-electron chi connectivity index (χ4n) is 2.68. The standard InChI is InChI=1S/C12H22N2O3/c1-4-14(10(2)15)12(11(16)17)6-5-8-13(3)9-7-12/h4-9H2,1-3H3,(H,16,17). The first-order valence-corrected chi connectivity index (χ1v) is 6.14. The number of hydrogen-bond acceptors (Lipinski definition) is 3. The molecule has 5 heteroatoms. The van der Waals surface area contributed by atoms with E-state index in [2.05, 4.69) is 4.90 Å². The summed E-state index contributed by atoms with van der Waals surface area (Å²) < 4.78 is 0. The highest BCUT2D eigenvalue weighted by Crippen LogP contribution is 2.29. The maximum atomic E-state index is 11.6. The third kappa shape index (κ3) is 2.77. The summed E-state index contributed by atoms with van der Waals surface area (Å²) in [6, 6.07) is 0. The normalized spacial score (nSPS) is 26.3. The Morgan fingerprint density at radius 2 is 2.00 bits per heavy atom. The average molecular weight is 242 g/mol. The number of likely N-dealkylation sites (N-methyl/N-ethyl adjacent to an activating group) is 1. The van der Waals surface area contributed by atoms with Crippen LogP contribution in [0.4, 0.5) is 0 Å². The zero-order chi connectivity index (χ0) is 13.1. The molecule has 98 valence electrons. The van der Waals surface area contributed by atoms with Crippen molar-refractivity contribution >= 4 is 11.9 Å². The minimum atomic E-state index is -1.01. The molecule has 0 bridgehead atoms. The molecule has 1 fully saturated rings. The van der Waals surface area contributed by atoms with Gasteiger partial charge in [-0.2, -0.15) is 0 Å². The minimum absolute atomic E-state index is 0.153. The van der Waals surface area contributed by atoms with E-state index in [0.717, 1.165) is 19.5 Å². The Kier molecular flexibility index (Phi) is 4.51. The maximum Gasteiger partial charge on any atom is 0.329 e. The van der Waals surface area contributed by atoms with Gasteiger partial charge in [0.25, 0.3) is 0 Å². The lowest BCUT2D eigenvalue weighted by molar-refractivity contribution is -0.159. The molecule has 17 heavy (non-hydrogen) atoms. The number of carbonyl (C=O) groups is 2. The summed E-state index contributed by atoms with van der Waals surface area (Å²) in [6.07, 6.45) is 1.86. The Morgan fingerprint density at radius 3 is 2.47 bits per heavy atom. The van der Waals surface area contributed by atoms with Crippen LogP contribution in [0, 0.1) is 0 Å². The van der Waals surface area contributed by atoms with E-state index in [1.807, 2.05) is 14.0 Å². The quantitative estimate of drug-likeness (QED) is 0.795. The lowest BCUT2D eigenvalue weighted by atomic mass is 9.88. The van der Waals surface area contributed by atoms with Gasteiger partial charge in [-0.15, -0.1) is 0 Å². The van der Waals surface area contributed by atoms with E-state index in [9.17, 15) is 14.7 Å². The van der Waals surface area contributed by atoms with Crippen LogP contribution < -0.4 is 0 Å². The summed E-state index contributed by atoms with van der Waals surface area (Å²) in [5, 5.41) is 9.54. The predicted molar refractivity (Wildman–Crippen MR) is 64.8 cm³/mol. The molecule has 0 saturated carbocycles. The van der Waals surface area contributed by atoms with Crippen LogP contribution in [0.1, 0.15) is 33.1 Å². The van der Waals surface area contributed by atoms with Crippen LogP contribution in [-0.2, 0) is 9.59 Å². The SMILES string of the molecule is CCN(C(C)=O)C1(C(=O)O)CCCN(C)CC1. The summed E-state index contributed by atoms with van der Waals surface area (Å²) in [5.74, 6) is -1.02. The zero-order valence-electron chi connectivity index (χ0n) is 10.9. The van der Waals surface area contributed by atoms with E-state index in [1.54, 1.807) is 0 Å². The van der Waals surface area contributed by atoms with Crippen LogP contribution in [-0.4, -0.2) is 59.0 Å². The Hall–Kier alpha value is -1.10. The summed E-state index contributed by atoms with van der Waals surface area (Å²) >= 11 is 0. The molecule has 0 aliphatic carbocycles. The van der Waals surface area contributed by atoms with E-state index in [0.29, 0.717) is 19.4 Å². The van der Waals surface area contributed by atoms with Gasteiger partial charge in [0.2, 0.25) is 5.91 Å². The molecule has 1 aliphatic rings. The Balaban J connectivity index is 3.03. The first kappa shape index (κ1) is 14.0. The van der Waals surface area contributed by atoms with Crippen molar-refractivity contribution in [3.63, 3.8) is 0 Å². The van der Waals surface area contributed by atoms with Gasteiger partial charge in [0, 0.05) is 20.0 Å². The number of likely N-dealkylation sites (tertiary alicyclic amines) is 1. The molecular weight excluding hydrogens is 220 g/mol. The molecule has 1 N–H and O–H groups in total. The van der Waals surface area contributed by atoms with Crippen molar-refractivity contribution in [3.8, 4) is 0 Å². The first-order valence-electron chi connectivity index (χ1n) is 6.14. The molecule has 0 radical (unpaired) electrons. The van der Waals surface area contributed by atoms with E-state index in [1.165, 1.54) is 11.8 Å². The number of carbonyl (C=O) groups excluding carboxylic acids is 1. The molecule has 0 spiro atoms. The van der Waals surface area contributed by atoms with Crippen molar-refractivity contribution in [1.29, 1.82) is 0 Å². The van der Waals surface area contributed by atoms with E-state index in [4.69, 9.17) is 0 Å². The number of amides is 1. The van der Waals surface area contributed by atoms with Gasteiger partial charge in [0.05, 0.1) is 0 Å². The summed E-state index contributed by atoms with van der Waals surface area (Å²) in [5.41, 5.74) is -1.01. The second-order valence-electron chi connectivity index (χ2n) is 4.76. The van der Waals surface area contributed by atoms with Crippen LogP contribution in [0.3, 0.4) is 0 Å². The highest BCUT2D eigenvalue weighted by atomic mass is 16.4. The van der Waals surface area contributed by atoms with Gasteiger partial charge in [-0.05, 0) is 39.8 Å². The smallest absolute Gasteiger partial charge is 0.329 e. The monoisotopic (exact) mass is 242 g/mol. The molecule has 0 aromatic rings. The van der Waals surface area contributed by atoms with Crippen molar-refractivity contribution < 1.29 is 14.7 Å². The second kappa shape index (κ2) is 5.49. The Labute approximate surface area is 102 Å². The Bertz CT molecular complexity index is 306. The Morgan fingerprint density at radius 1 is 1.35 bits per heavy atom. The van der Waals surface area contributed by atoms with Gasteiger partial charge in [-0.25, -0.2) is 4.79 Å². The van der Waals surface area contributed by atoms with Crippen molar-refractivity contribution in [3.05, 3.63) is 0 Å². The van der Waals surface area contributed by atoms with Gasteiger partial charge in [0.1, 0.15) is 5.54 Å². The molecule has 1 saturated heterocycles. The molecule has 1 amide bonds. The van der Waals surface area contributed by atoms with Crippen LogP contribution in [0.2, 0.25) is 0 Å². The fraction of sp³-hybridized carbons (Fsp3) is 0.833. The molecule has 0 aromatic carbocycles. The lowest BCUT2D eigenvalue weighted by Gasteiger charge is -2.39. The van der Waals surface area contributed by atoms with Gasteiger partial charge < -0.3 is 14.9 Å². The van der Waals surface area contributed by atoms with E-state index >= 15 is 0 Å². The number of aliphatic carboxylic acids is 1. The third-order valence-electron chi connectivity index (χ3n) is 3.65. The van der Waals surface area contributed by atoms with Gasteiger partial charge in [-0.1, -0.05) is 0 Å². The molecule has 1 rings (SSSR count). The maximum absolute atomic E-state index is 11.6. The third-order valence-corrected chi connectivity index (χ3v) is 3.65. The molecule has 1 heterocycles. The molecule has 5 nitrogen and oxygen atoms in total. The van der Waals surface area contributed by atoms with E-state index in [-0.39, 0.29) is 5.91 Å². The van der Waals surface area contributed by atoms with Gasteiger partial charge in [0.15, 0.2) is 0 Å². The molecular formula is C12H22N2O3. The second-order valence-corrected chi connectivity index (χ2v) is 4.76. The van der Waals surface area contributed by atoms with E-state index < -0.39 is 11.5 Å². The lowest BCUT2D eigenvalue weighted by Crippen LogP contribution is -2.56. The number of hydrogen-bond donors (Lipinski definition) is 1. The topological polar surface area (TPSA) is 60.9 Å². The summed E-state index contributed by atoms with van der Waals surface area (Å²) in [6.45, 7) is 5.34. The molecule has 0 aromatic heterocycles. The summed E-state index contributed by atoms with van der Waals surface area (Å²) in [7, 11) is 1.99. The highest BCUT2D eigenvalue weighted by Gasteiger charge is 2.45. The van der Waals surface area contributed by atoms with Crippen molar-refractivity contribution in [2.24, 2.45) is 0 Å². The first-order chi connectivity index (χ1) is 7.94. The van der Waals surface area contributed by atoms with Crippen LogP contribution in [0.5, 0.6) is 0 Å². The van der Waals surface area contributed by atoms with Crippen LogP contribution >= 0.6 is 0 Å². The number of carboxylic acid groups (broad SMARTS) is 1. The van der Waals surface area contributed by atoms with Gasteiger partial charge >= 0.3 is 5.97 Å². The number of nitrogens with zero attached hydrogens (tertiary/aromatic N) is 2. The molecule has 1 unspecified atom stereocenters. The van der Waals surface area contributed by atoms with Crippen molar-refractivity contribution in [1.82, 2.24) is 9.80 Å². The van der Waals surface area contributed by atoms with Crippen molar-refractivity contribution in [2.45, 2.75) is 38.6 Å². The van der Waals surface area contributed by atoms with Crippen LogP contribution in [0.25, 0.3) is 0 Å². The predicted octanol–water partition coefficient (Wildman–Crippen LogP) is 0.794. The number of rotatable bonds is 3. The fourth-order valence-corrected chi connectivity index (χ4v) is 2.68. The minimum Gasteiger partial charge on any atom is -0.479 e. The largest absolute Gasteiger partial charge is 0.479 e. The average Bonchev–Trinajstić information content (AvgIpc) is 2.42. The zero-order valence-corrected chi connectivity index (χ0v) is 10.9. The van der Waals surface area contributed by atoms with Crippen molar-refractivity contribution in [2.75, 3.05) is 26.7 Å². The van der Waals surface area contributed by atoms with Crippen LogP contribution in [0.15, 0.2) is 0 Å². The highest BCUT2D eigenvalue weighted by molar-refractivity contribution is 5.86. The van der Waals surface area contributed by atoms with Gasteiger partial charge in [-0.3, -0.25) is 4.79 Å². The summed E-state index contributed by atoms with van der Waals surface area (Å²) in [4.78, 5) is 26.9.